The summed E-state index contributed by atoms with van der Waals surface area (Å²) in [7, 11) is 1.87. The van der Waals surface area contributed by atoms with Crippen LogP contribution in [-0.4, -0.2) is 36.4 Å². The van der Waals surface area contributed by atoms with Gasteiger partial charge >= 0.3 is 0 Å². The Kier molecular flexibility index (Phi) is 2.68. The molecule has 0 spiro atoms. The summed E-state index contributed by atoms with van der Waals surface area (Å²) in [6.07, 6.45) is 0.663. The molecule has 0 radical (unpaired) electrons. The fourth-order valence-electron chi connectivity index (χ4n) is 1.60. The van der Waals surface area contributed by atoms with E-state index in [1.54, 1.807) is 6.92 Å². The van der Waals surface area contributed by atoms with Gasteiger partial charge in [0.1, 0.15) is 5.78 Å². The van der Waals surface area contributed by atoms with Gasteiger partial charge < -0.3 is 0 Å². The average Bonchev–Trinajstić information content (AvgIpc) is 2.32. The third-order valence-electron chi connectivity index (χ3n) is 2.21. The largest absolute Gasteiger partial charge is 0.298 e. The number of likely N-dealkylation sites (tertiary alicyclic amines) is 1. The van der Waals surface area contributed by atoms with Crippen LogP contribution in [-0.2, 0) is 4.79 Å². The van der Waals surface area contributed by atoms with Crippen molar-refractivity contribution in [2.45, 2.75) is 25.4 Å². The first-order chi connectivity index (χ1) is 5.65. The van der Waals surface area contributed by atoms with Crippen LogP contribution in [0.5, 0.6) is 0 Å². The summed E-state index contributed by atoms with van der Waals surface area (Å²) in [5, 5.41) is 3.59. The van der Waals surface area contributed by atoms with E-state index in [4.69, 9.17) is 5.53 Å². The van der Waals surface area contributed by atoms with E-state index in [2.05, 4.69) is 10.0 Å². The summed E-state index contributed by atoms with van der Waals surface area (Å²) in [5.74, 6) is 0.146. The smallest absolute Gasteiger partial charge is 0.146 e. The van der Waals surface area contributed by atoms with E-state index >= 15 is 0 Å². The predicted octanol–water partition coefficient (Wildman–Crippen LogP) is 0.958. The lowest BCUT2D eigenvalue weighted by atomic mass is 10.1. The molecule has 1 aliphatic rings. The number of hydrogen-bond acceptors (Lipinski definition) is 3. The van der Waals surface area contributed by atoms with Crippen molar-refractivity contribution in [1.82, 2.24) is 4.90 Å². The molecule has 2 atom stereocenters. The Morgan fingerprint density at radius 3 is 2.83 bits per heavy atom. The van der Waals surface area contributed by atoms with Crippen molar-refractivity contribution in [2.24, 2.45) is 5.11 Å². The van der Waals surface area contributed by atoms with Crippen LogP contribution >= 0.6 is 0 Å². The van der Waals surface area contributed by atoms with Gasteiger partial charge in [-0.05, 0) is 25.9 Å². The summed E-state index contributed by atoms with van der Waals surface area (Å²) in [6.45, 7) is 2.26. The van der Waals surface area contributed by atoms with Gasteiger partial charge in [0.25, 0.3) is 0 Å². The van der Waals surface area contributed by atoms with Crippen LogP contribution in [0.15, 0.2) is 5.11 Å². The lowest BCUT2D eigenvalue weighted by Crippen LogP contribution is -2.30. The van der Waals surface area contributed by atoms with Crippen molar-refractivity contribution in [3.63, 3.8) is 0 Å². The first-order valence-corrected chi connectivity index (χ1v) is 3.90. The fraction of sp³-hybridized carbons (Fsp3) is 0.857. The number of carbonyl (C=O) groups is 1. The van der Waals surface area contributed by atoms with Crippen molar-refractivity contribution in [1.29, 1.82) is 0 Å². The molecule has 66 valence electrons. The highest BCUT2D eigenvalue weighted by molar-refractivity contribution is 5.81. The van der Waals surface area contributed by atoms with Crippen LogP contribution in [0, 0.1) is 0 Å². The van der Waals surface area contributed by atoms with Gasteiger partial charge in [-0.1, -0.05) is 5.11 Å². The van der Waals surface area contributed by atoms with Gasteiger partial charge in [-0.3, -0.25) is 9.69 Å². The van der Waals surface area contributed by atoms with Crippen LogP contribution in [0.4, 0.5) is 0 Å². The monoisotopic (exact) mass is 168 g/mol. The highest BCUT2D eigenvalue weighted by Gasteiger charge is 2.31. The van der Waals surface area contributed by atoms with Gasteiger partial charge in [-0.2, -0.15) is 0 Å². The molecule has 0 aromatic heterocycles. The van der Waals surface area contributed by atoms with Crippen molar-refractivity contribution in [2.75, 3.05) is 13.6 Å². The minimum Gasteiger partial charge on any atom is -0.298 e. The van der Waals surface area contributed by atoms with E-state index in [-0.39, 0.29) is 17.9 Å². The third-order valence-corrected chi connectivity index (χ3v) is 2.21. The van der Waals surface area contributed by atoms with E-state index in [0.29, 0.717) is 13.0 Å². The molecular formula is C7H12N4O. The highest BCUT2D eigenvalue weighted by Crippen LogP contribution is 2.18. The number of nitrogens with zero attached hydrogens (tertiary/aromatic N) is 4. The molecule has 0 aromatic carbocycles. The Morgan fingerprint density at radius 1 is 1.75 bits per heavy atom. The van der Waals surface area contributed by atoms with Gasteiger partial charge in [-0.15, -0.1) is 0 Å². The fourth-order valence-corrected chi connectivity index (χ4v) is 1.60. The van der Waals surface area contributed by atoms with Crippen molar-refractivity contribution in [3.8, 4) is 0 Å². The number of rotatable bonds is 2. The van der Waals surface area contributed by atoms with E-state index in [9.17, 15) is 4.79 Å². The topological polar surface area (TPSA) is 69.1 Å². The number of Topliss-reactive ketones (excluding diaryl/α,β-unsaturated/α-hetero) is 1. The van der Waals surface area contributed by atoms with Gasteiger partial charge in [0, 0.05) is 11.5 Å². The molecule has 1 aliphatic heterocycles. The molecule has 0 amide bonds. The predicted molar refractivity (Wildman–Crippen MR) is 44.7 cm³/mol. The Hall–Kier alpha value is -1.06. The molecule has 12 heavy (non-hydrogen) atoms. The summed E-state index contributed by atoms with van der Waals surface area (Å²) >= 11 is 0. The number of azide groups is 1. The maximum absolute atomic E-state index is 11.0. The van der Waals surface area contributed by atoms with E-state index < -0.39 is 0 Å². The van der Waals surface area contributed by atoms with E-state index in [1.165, 1.54) is 0 Å². The molecule has 0 saturated carbocycles. The zero-order chi connectivity index (χ0) is 9.14. The van der Waals surface area contributed by atoms with Crippen LogP contribution in [0.25, 0.3) is 10.4 Å². The molecular weight excluding hydrogens is 156 g/mol. The van der Waals surface area contributed by atoms with E-state index in [0.717, 1.165) is 0 Å². The molecule has 5 heteroatoms. The maximum Gasteiger partial charge on any atom is 0.146 e. The summed E-state index contributed by atoms with van der Waals surface area (Å²) in [5.41, 5.74) is 8.19. The van der Waals surface area contributed by atoms with Gasteiger partial charge in [0.05, 0.1) is 12.1 Å². The number of hydrogen-bond donors (Lipinski definition) is 0. The van der Waals surface area contributed by atoms with Crippen molar-refractivity contribution < 1.29 is 4.79 Å². The second kappa shape index (κ2) is 3.56. The van der Waals surface area contributed by atoms with Gasteiger partial charge in [0.2, 0.25) is 0 Å². The lowest BCUT2D eigenvalue weighted by Gasteiger charge is -2.14. The standard InChI is InChI=1S/C7H12N4O/c1-5(12)7-3-6(9-10-8)4-11(7)2/h6-7H,3-4H2,1-2H3/t6-,7+/m1/s1. The molecule has 0 unspecified atom stereocenters. The summed E-state index contributed by atoms with van der Waals surface area (Å²) < 4.78 is 0. The van der Waals surface area contributed by atoms with Crippen molar-refractivity contribution >= 4 is 5.78 Å². The van der Waals surface area contributed by atoms with Crippen LogP contribution < -0.4 is 0 Å². The Balaban J connectivity index is 2.61. The summed E-state index contributed by atoms with van der Waals surface area (Å²) in [4.78, 5) is 15.7. The zero-order valence-corrected chi connectivity index (χ0v) is 7.27. The second-order valence-electron chi connectivity index (χ2n) is 3.16. The Labute approximate surface area is 71.0 Å². The normalized spacial score (nSPS) is 29.8. The molecule has 0 aliphatic carbocycles. The van der Waals surface area contributed by atoms with Crippen LogP contribution in [0.1, 0.15) is 13.3 Å². The Morgan fingerprint density at radius 2 is 2.42 bits per heavy atom. The van der Waals surface area contributed by atoms with Crippen LogP contribution in [0.3, 0.4) is 0 Å². The number of likely N-dealkylation sites (N-methyl/N-ethyl adjacent to an activating group) is 1. The molecule has 1 fully saturated rings. The average molecular weight is 168 g/mol. The molecule has 1 heterocycles. The van der Waals surface area contributed by atoms with Gasteiger partial charge in [-0.25, -0.2) is 0 Å². The van der Waals surface area contributed by atoms with E-state index in [1.807, 2.05) is 11.9 Å². The molecule has 0 aromatic rings. The van der Waals surface area contributed by atoms with Crippen molar-refractivity contribution in [3.05, 3.63) is 10.4 Å². The molecule has 5 nitrogen and oxygen atoms in total. The molecule has 0 bridgehead atoms. The molecule has 1 saturated heterocycles. The highest BCUT2D eigenvalue weighted by atomic mass is 16.1. The quantitative estimate of drug-likeness (QED) is 0.350. The first kappa shape index (κ1) is 9.03. The summed E-state index contributed by atoms with van der Waals surface area (Å²) in [6, 6.07) is -0.0885. The number of carbonyl (C=O) groups excluding carboxylic acids is 1. The minimum atomic E-state index is -0.0551. The first-order valence-electron chi connectivity index (χ1n) is 3.90. The maximum atomic E-state index is 11.0. The zero-order valence-electron chi connectivity index (χ0n) is 7.27. The minimum absolute atomic E-state index is 0.0334. The lowest BCUT2D eigenvalue weighted by molar-refractivity contribution is -0.120. The SMILES string of the molecule is CC(=O)[C@@H]1C[C@@H](N=[N+]=[N-])CN1C. The van der Waals surface area contributed by atoms with Gasteiger partial charge in [0.15, 0.2) is 0 Å². The number of ketones is 1. The van der Waals surface area contributed by atoms with Crippen LogP contribution in [0.2, 0.25) is 0 Å². The molecule has 1 rings (SSSR count). The molecule has 0 N–H and O–H groups in total. The Bertz CT molecular complexity index is 234. The second-order valence-corrected chi connectivity index (χ2v) is 3.16. The third kappa shape index (κ3) is 1.75.